The number of likely N-dealkylation sites (tertiary alicyclic amines) is 1. The molecular weight excluding hydrogens is 296 g/mol. The van der Waals surface area contributed by atoms with Crippen molar-refractivity contribution >= 4 is 11.8 Å². The largest absolute Gasteiger partial charge is 0.352 e. The first-order valence-corrected chi connectivity index (χ1v) is 8.52. The molecule has 1 aromatic heterocycles. The highest BCUT2D eigenvalue weighted by Gasteiger charge is 2.35. The number of carbonyl (C=O) groups is 2. The van der Waals surface area contributed by atoms with Crippen LogP contribution in [0.15, 0.2) is 4.52 Å². The van der Waals surface area contributed by atoms with Crippen LogP contribution >= 0.6 is 0 Å². The third kappa shape index (κ3) is 3.89. The molecule has 1 aliphatic heterocycles. The van der Waals surface area contributed by atoms with Crippen LogP contribution in [0.2, 0.25) is 0 Å². The van der Waals surface area contributed by atoms with Gasteiger partial charge < -0.3 is 14.7 Å². The summed E-state index contributed by atoms with van der Waals surface area (Å²) >= 11 is 0. The first-order valence-electron chi connectivity index (χ1n) is 8.52. The Hall–Kier alpha value is -1.92. The molecule has 0 radical (unpaired) electrons. The topological polar surface area (TPSA) is 88.3 Å². The molecule has 2 fully saturated rings. The van der Waals surface area contributed by atoms with Crippen molar-refractivity contribution in [3.8, 4) is 0 Å². The average molecular weight is 320 g/mol. The predicted molar refractivity (Wildman–Crippen MR) is 82.5 cm³/mol. The van der Waals surface area contributed by atoms with Crippen LogP contribution in [-0.2, 0) is 16.0 Å². The van der Waals surface area contributed by atoms with Crippen molar-refractivity contribution in [1.82, 2.24) is 20.4 Å². The highest BCUT2D eigenvalue weighted by atomic mass is 16.5. The van der Waals surface area contributed by atoms with Crippen LogP contribution in [0.3, 0.4) is 0 Å². The van der Waals surface area contributed by atoms with Crippen molar-refractivity contribution in [1.29, 1.82) is 0 Å². The van der Waals surface area contributed by atoms with E-state index in [1.165, 1.54) is 19.3 Å². The van der Waals surface area contributed by atoms with Crippen LogP contribution in [0, 0.1) is 6.92 Å². The fraction of sp³-hybridized carbons (Fsp3) is 0.750. The zero-order chi connectivity index (χ0) is 16.2. The minimum atomic E-state index is -0.350. The molecule has 1 N–H and O–H groups in total. The van der Waals surface area contributed by atoms with E-state index < -0.39 is 0 Å². The second-order valence-corrected chi connectivity index (χ2v) is 6.50. The van der Waals surface area contributed by atoms with E-state index in [4.69, 9.17) is 4.52 Å². The molecule has 1 saturated carbocycles. The standard InChI is InChI=1S/C16H24N4O3/c1-11-17-14(19-23-11)10-15(21)20-9-5-8-13(20)16(22)18-12-6-3-2-4-7-12/h12-13H,2-10H2,1H3,(H,18,22). The zero-order valence-electron chi connectivity index (χ0n) is 13.6. The van der Waals surface area contributed by atoms with Crippen LogP contribution in [0.1, 0.15) is 56.7 Å². The maximum absolute atomic E-state index is 12.5. The molecule has 2 aliphatic rings. The molecule has 1 unspecified atom stereocenters. The van der Waals surface area contributed by atoms with E-state index in [0.717, 1.165) is 25.7 Å². The lowest BCUT2D eigenvalue weighted by atomic mass is 9.95. The van der Waals surface area contributed by atoms with Gasteiger partial charge in [-0.1, -0.05) is 24.4 Å². The Morgan fingerprint density at radius 1 is 1.22 bits per heavy atom. The number of carbonyl (C=O) groups excluding carboxylic acids is 2. The Kier molecular flexibility index (Phi) is 4.93. The molecule has 126 valence electrons. The van der Waals surface area contributed by atoms with Gasteiger partial charge >= 0.3 is 0 Å². The molecule has 3 rings (SSSR count). The fourth-order valence-corrected chi connectivity index (χ4v) is 3.53. The smallest absolute Gasteiger partial charge is 0.243 e. The van der Waals surface area contributed by atoms with E-state index in [0.29, 0.717) is 18.3 Å². The second-order valence-electron chi connectivity index (χ2n) is 6.50. The molecule has 0 bridgehead atoms. The molecule has 2 amide bonds. The molecule has 7 nitrogen and oxygen atoms in total. The van der Waals surface area contributed by atoms with E-state index in [1.54, 1.807) is 11.8 Å². The van der Waals surface area contributed by atoms with E-state index in [9.17, 15) is 9.59 Å². The molecule has 7 heteroatoms. The average Bonchev–Trinajstić information content (AvgIpc) is 3.17. The number of amides is 2. The summed E-state index contributed by atoms with van der Waals surface area (Å²) in [7, 11) is 0. The minimum absolute atomic E-state index is 0.00737. The summed E-state index contributed by atoms with van der Waals surface area (Å²) in [6, 6.07) is -0.0777. The predicted octanol–water partition coefficient (Wildman–Crippen LogP) is 1.36. The van der Waals surface area contributed by atoms with Crippen LogP contribution < -0.4 is 5.32 Å². The van der Waals surface area contributed by atoms with Gasteiger partial charge in [0, 0.05) is 19.5 Å². The third-order valence-corrected chi connectivity index (χ3v) is 4.71. The van der Waals surface area contributed by atoms with Gasteiger partial charge in [-0.25, -0.2) is 0 Å². The SMILES string of the molecule is Cc1nc(CC(=O)N2CCCC2C(=O)NC2CCCCC2)no1. The summed E-state index contributed by atoms with van der Waals surface area (Å²) in [4.78, 5) is 30.7. The van der Waals surface area contributed by atoms with Crippen molar-refractivity contribution in [2.75, 3.05) is 6.54 Å². The van der Waals surface area contributed by atoms with Gasteiger partial charge in [-0.15, -0.1) is 0 Å². The number of rotatable bonds is 4. The van der Waals surface area contributed by atoms with E-state index in [2.05, 4.69) is 15.5 Å². The number of nitrogens with zero attached hydrogens (tertiary/aromatic N) is 3. The Bertz CT molecular complexity index is 565. The van der Waals surface area contributed by atoms with Gasteiger partial charge in [0.2, 0.25) is 17.7 Å². The summed E-state index contributed by atoms with van der Waals surface area (Å²) in [6.45, 7) is 2.32. The van der Waals surface area contributed by atoms with Crippen LogP contribution in [-0.4, -0.2) is 45.5 Å². The van der Waals surface area contributed by atoms with Crippen LogP contribution in [0.4, 0.5) is 0 Å². The fourth-order valence-electron chi connectivity index (χ4n) is 3.53. The number of nitrogens with one attached hydrogen (secondary N) is 1. The number of hydrogen-bond donors (Lipinski definition) is 1. The molecule has 1 aromatic rings. The van der Waals surface area contributed by atoms with Gasteiger partial charge in [0.15, 0.2) is 5.82 Å². The Labute approximate surface area is 135 Å². The number of hydrogen-bond acceptors (Lipinski definition) is 5. The summed E-state index contributed by atoms with van der Waals surface area (Å²) in [5.41, 5.74) is 0. The highest BCUT2D eigenvalue weighted by molar-refractivity contribution is 5.88. The molecule has 1 saturated heterocycles. The summed E-state index contributed by atoms with van der Waals surface area (Å²) in [5, 5.41) is 6.89. The van der Waals surface area contributed by atoms with Crippen molar-refractivity contribution in [2.45, 2.75) is 70.4 Å². The zero-order valence-corrected chi connectivity index (χ0v) is 13.6. The normalized spacial score (nSPS) is 22.3. The summed E-state index contributed by atoms with van der Waals surface area (Å²) < 4.78 is 4.89. The number of aromatic nitrogens is 2. The van der Waals surface area contributed by atoms with E-state index >= 15 is 0 Å². The van der Waals surface area contributed by atoms with Gasteiger partial charge in [-0.3, -0.25) is 9.59 Å². The monoisotopic (exact) mass is 320 g/mol. The summed E-state index contributed by atoms with van der Waals surface area (Å²) in [6.07, 6.45) is 7.39. The molecule has 0 aromatic carbocycles. The van der Waals surface area contributed by atoms with Crippen molar-refractivity contribution < 1.29 is 14.1 Å². The lowest BCUT2D eigenvalue weighted by molar-refractivity contribution is -0.138. The van der Waals surface area contributed by atoms with Crippen molar-refractivity contribution in [3.05, 3.63) is 11.7 Å². The van der Waals surface area contributed by atoms with Gasteiger partial charge in [0.05, 0.1) is 6.42 Å². The van der Waals surface area contributed by atoms with Gasteiger partial charge in [-0.05, 0) is 25.7 Å². The highest BCUT2D eigenvalue weighted by Crippen LogP contribution is 2.21. The van der Waals surface area contributed by atoms with Gasteiger partial charge in [0.1, 0.15) is 6.04 Å². The van der Waals surface area contributed by atoms with Gasteiger partial charge in [-0.2, -0.15) is 4.98 Å². The maximum atomic E-state index is 12.5. The van der Waals surface area contributed by atoms with Gasteiger partial charge in [0.25, 0.3) is 0 Å². The molecule has 1 atom stereocenters. The Morgan fingerprint density at radius 2 is 2.00 bits per heavy atom. The lowest BCUT2D eigenvalue weighted by Gasteiger charge is -2.28. The van der Waals surface area contributed by atoms with E-state index in [-0.39, 0.29) is 30.3 Å². The van der Waals surface area contributed by atoms with E-state index in [1.807, 2.05) is 0 Å². The molecular formula is C16H24N4O3. The Balaban J connectivity index is 1.57. The molecule has 23 heavy (non-hydrogen) atoms. The van der Waals surface area contributed by atoms with Crippen LogP contribution in [0.25, 0.3) is 0 Å². The van der Waals surface area contributed by atoms with Crippen molar-refractivity contribution in [2.24, 2.45) is 0 Å². The minimum Gasteiger partial charge on any atom is -0.352 e. The third-order valence-electron chi connectivity index (χ3n) is 4.71. The first kappa shape index (κ1) is 16.0. The van der Waals surface area contributed by atoms with Crippen molar-refractivity contribution in [3.63, 3.8) is 0 Å². The second kappa shape index (κ2) is 7.10. The Morgan fingerprint density at radius 3 is 2.70 bits per heavy atom. The molecule has 0 spiro atoms. The molecule has 1 aliphatic carbocycles. The lowest BCUT2D eigenvalue weighted by Crippen LogP contribution is -2.49. The molecule has 2 heterocycles. The quantitative estimate of drug-likeness (QED) is 0.905. The maximum Gasteiger partial charge on any atom is 0.243 e. The first-order chi connectivity index (χ1) is 11.1. The number of aryl methyl sites for hydroxylation is 1. The van der Waals surface area contributed by atoms with Crippen LogP contribution in [0.5, 0.6) is 0 Å². The summed E-state index contributed by atoms with van der Waals surface area (Å²) in [5.74, 6) is 0.714.